The number of carbonyl (C=O) groups excluding carboxylic acids is 1. The highest BCUT2D eigenvalue weighted by Gasteiger charge is 2.70. The number of hydrogen-bond donors (Lipinski definition) is 3. The number of aromatic nitrogens is 1. The van der Waals surface area contributed by atoms with Gasteiger partial charge < -0.3 is 19.9 Å². The van der Waals surface area contributed by atoms with Gasteiger partial charge >= 0.3 is 0 Å². The predicted octanol–water partition coefficient (Wildman–Crippen LogP) is 3.96. The second-order valence-corrected chi connectivity index (χ2v) is 11.6. The maximum Gasteiger partial charge on any atom is 0.187 e. The highest BCUT2D eigenvalue weighted by molar-refractivity contribution is 5.96. The second kappa shape index (κ2) is 6.13. The van der Waals surface area contributed by atoms with E-state index in [2.05, 4.69) is 43.1 Å². The molecule has 3 aliphatic carbocycles. The van der Waals surface area contributed by atoms with Crippen LogP contribution in [0.1, 0.15) is 64.6 Å². The Morgan fingerprint density at radius 2 is 1.91 bits per heavy atom. The van der Waals surface area contributed by atoms with E-state index >= 15 is 0 Å². The highest BCUT2D eigenvalue weighted by Crippen LogP contribution is 2.69. The minimum atomic E-state index is -1.25. The molecule has 6 rings (SSSR count). The maximum atomic E-state index is 13.0. The summed E-state index contributed by atoms with van der Waals surface area (Å²) < 4.78 is 6.15. The molecule has 4 aliphatic rings. The van der Waals surface area contributed by atoms with Gasteiger partial charge in [-0.05, 0) is 75.1 Å². The molecule has 5 heteroatoms. The van der Waals surface area contributed by atoms with E-state index in [-0.39, 0.29) is 17.3 Å². The Labute approximate surface area is 188 Å². The fourth-order valence-electron chi connectivity index (χ4n) is 7.82. The molecule has 0 amide bonds. The van der Waals surface area contributed by atoms with Gasteiger partial charge in [-0.3, -0.25) is 4.79 Å². The van der Waals surface area contributed by atoms with Crippen molar-refractivity contribution < 1.29 is 19.7 Å². The first-order valence-electron chi connectivity index (χ1n) is 12.0. The zero-order valence-electron chi connectivity index (χ0n) is 19.4. The average Bonchev–Trinajstić information content (AvgIpc) is 3.24. The molecule has 2 saturated carbocycles. The number of para-hydroxylation sites is 1. The lowest BCUT2D eigenvalue weighted by Crippen LogP contribution is -2.68. The van der Waals surface area contributed by atoms with Gasteiger partial charge in [0.15, 0.2) is 5.78 Å². The summed E-state index contributed by atoms with van der Waals surface area (Å²) in [4.78, 5) is 16.7. The van der Waals surface area contributed by atoms with E-state index in [0.29, 0.717) is 12.3 Å². The molecule has 1 aromatic carbocycles. The molecule has 2 heterocycles. The summed E-state index contributed by atoms with van der Waals surface area (Å²) in [6.07, 6.45) is 4.51. The van der Waals surface area contributed by atoms with E-state index in [4.69, 9.17) is 4.74 Å². The summed E-state index contributed by atoms with van der Waals surface area (Å²) in [6.45, 7) is 7.77. The van der Waals surface area contributed by atoms with Crippen LogP contribution in [-0.4, -0.2) is 44.4 Å². The third-order valence-electron chi connectivity index (χ3n) is 9.74. The van der Waals surface area contributed by atoms with Gasteiger partial charge in [0.25, 0.3) is 0 Å². The van der Waals surface area contributed by atoms with Crippen LogP contribution in [0.25, 0.3) is 10.9 Å². The lowest BCUT2D eigenvalue weighted by Gasteiger charge is -2.64. The maximum absolute atomic E-state index is 13.0. The predicted molar refractivity (Wildman–Crippen MR) is 122 cm³/mol. The van der Waals surface area contributed by atoms with Gasteiger partial charge in [-0.1, -0.05) is 32.0 Å². The van der Waals surface area contributed by atoms with Crippen molar-refractivity contribution in [3.05, 3.63) is 47.2 Å². The van der Waals surface area contributed by atoms with Gasteiger partial charge in [0.1, 0.15) is 6.10 Å². The normalized spacial score (nSPS) is 41.0. The number of aromatic amines is 1. The summed E-state index contributed by atoms with van der Waals surface area (Å²) in [5.41, 5.74) is 1.53. The first-order valence-corrected chi connectivity index (χ1v) is 12.0. The Hall–Kier alpha value is -1.95. The molecule has 0 bridgehead atoms. The Morgan fingerprint density at radius 3 is 2.66 bits per heavy atom. The number of benzene rings is 1. The van der Waals surface area contributed by atoms with Crippen LogP contribution in [0.4, 0.5) is 0 Å². The summed E-state index contributed by atoms with van der Waals surface area (Å²) in [6, 6.07) is 8.49. The monoisotopic (exact) mass is 435 g/mol. The van der Waals surface area contributed by atoms with Crippen molar-refractivity contribution in [1.29, 1.82) is 0 Å². The van der Waals surface area contributed by atoms with E-state index in [9.17, 15) is 15.0 Å². The van der Waals surface area contributed by atoms with Crippen LogP contribution >= 0.6 is 0 Å². The lowest BCUT2D eigenvalue weighted by molar-refractivity contribution is -0.195. The number of rotatable bonds is 1. The Balaban J connectivity index is 1.50. The van der Waals surface area contributed by atoms with Gasteiger partial charge in [-0.15, -0.1) is 0 Å². The zero-order chi connectivity index (χ0) is 22.7. The van der Waals surface area contributed by atoms with Crippen molar-refractivity contribution in [3.8, 4) is 0 Å². The fraction of sp³-hybridized carbons (Fsp3) is 0.593. The third kappa shape index (κ3) is 2.27. The van der Waals surface area contributed by atoms with E-state index in [1.807, 2.05) is 0 Å². The van der Waals surface area contributed by atoms with Crippen LogP contribution in [0.5, 0.6) is 0 Å². The van der Waals surface area contributed by atoms with Crippen LogP contribution in [0.2, 0.25) is 0 Å². The number of hydrogen-bond acceptors (Lipinski definition) is 4. The number of carbonyl (C=O) groups is 1. The molecular formula is C27H33NO4. The quantitative estimate of drug-likeness (QED) is 0.633. The molecule has 3 N–H and O–H groups in total. The fourth-order valence-corrected chi connectivity index (χ4v) is 7.82. The largest absolute Gasteiger partial charge is 0.387 e. The first-order chi connectivity index (χ1) is 15.0. The first kappa shape index (κ1) is 20.6. The third-order valence-corrected chi connectivity index (χ3v) is 9.74. The van der Waals surface area contributed by atoms with E-state index < -0.39 is 22.7 Å². The van der Waals surface area contributed by atoms with E-state index in [1.165, 1.54) is 16.6 Å². The van der Waals surface area contributed by atoms with Crippen molar-refractivity contribution in [1.82, 2.24) is 4.98 Å². The standard InChI is InChI=1S/C27H33NO4/c1-24(2,30)23-20(29)14-18-21(32-23)10-11-25(3)26(4)15(9-12-27(18,25)31)13-17-16-7-5-6-8-19(16)28-22(17)26/h5-8,14-15,21,23,28,30-31H,9-13H2,1-4H3/t15-,21-,23-,25+,26+,27+/m1/s1. The topological polar surface area (TPSA) is 82.5 Å². The number of aliphatic hydroxyl groups is 2. The number of H-pyrrole nitrogens is 1. The molecule has 32 heavy (non-hydrogen) atoms. The zero-order valence-corrected chi connectivity index (χ0v) is 19.4. The van der Waals surface area contributed by atoms with Gasteiger partial charge in [0.2, 0.25) is 0 Å². The minimum Gasteiger partial charge on any atom is -0.387 e. The molecule has 2 fully saturated rings. The molecule has 170 valence electrons. The summed E-state index contributed by atoms with van der Waals surface area (Å²) in [5, 5.41) is 24.1. The van der Waals surface area contributed by atoms with Crippen molar-refractivity contribution in [2.24, 2.45) is 11.3 Å². The highest BCUT2D eigenvalue weighted by atomic mass is 16.5. The van der Waals surface area contributed by atoms with Crippen LogP contribution in [0.3, 0.4) is 0 Å². The number of nitrogens with one attached hydrogen (secondary N) is 1. The molecule has 2 aromatic rings. The Morgan fingerprint density at radius 1 is 1.16 bits per heavy atom. The number of ketones is 1. The molecule has 1 aliphatic heterocycles. The summed E-state index contributed by atoms with van der Waals surface area (Å²) in [5.74, 6) is 0.214. The van der Waals surface area contributed by atoms with Gasteiger partial charge in [0.05, 0.1) is 17.3 Å². The van der Waals surface area contributed by atoms with E-state index in [0.717, 1.165) is 36.8 Å². The molecule has 5 nitrogen and oxygen atoms in total. The van der Waals surface area contributed by atoms with Crippen LogP contribution in [0.15, 0.2) is 35.9 Å². The minimum absolute atomic E-state index is 0.226. The summed E-state index contributed by atoms with van der Waals surface area (Å²) >= 11 is 0. The van der Waals surface area contributed by atoms with Crippen molar-refractivity contribution in [2.75, 3.05) is 0 Å². The van der Waals surface area contributed by atoms with Crippen molar-refractivity contribution in [3.63, 3.8) is 0 Å². The van der Waals surface area contributed by atoms with Crippen LogP contribution in [-0.2, 0) is 21.4 Å². The average molecular weight is 436 g/mol. The number of fused-ring (bicyclic) bond motifs is 9. The number of ether oxygens (including phenoxy) is 1. The van der Waals surface area contributed by atoms with Gasteiger partial charge in [0, 0.05) is 27.4 Å². The van der Waals surface area contributed by atoms with Crippen LogP contribution < -0.4 is 0 Å². The van der Waals surface area contributed by atoms with Gasteiger partial charge in [-0.25, -0.2) is 0 Å². The molecule has 0 radical (unpaired) electrons. The van der Waals surface area contributed by atoms with E-state index in [1.54, 1.807) is 19.9 Å². The molecule has 0 spiro atoms. The summed E-state index contributed by atoms with van der Waals surface area (Å²) in [7, 11) is 0. The molecule has 6 atom stereocenters. The smallest absolute Gasteiger partial charge is 0.187 e. The van der Waals surface area contributed by atoms with Crippen molar-refractivity contribution >= 4 is 16.7 Å². The SMILES string of the molecule is CC(C)(O)[C@@H]1O[C@@H]2CC[C@]3(C)[C@](O)(CC[C@@H]4Cc5c([nH]c6ccccc56)[C@]43C)C2=CC1=O. The van der Waals surface area contributed by atoms with Gasteiger partial charge in [-0.2, -0.15) is 0 Å². The Kier molecular flexibility index (Phi) is 3.96. The molecular weight excluding hydrogens is 402 g/mol. The lowest BCUT2D eigenvalue weighted by atomic mass is 9.42. The second-order valence-electron chi connectivity index (χ2n) is 11.6. The molecule has 0 saturated heterocycles. The van der Waals surface area contributed by atoms with Crippen LogP contribution in [0, 0.1) is 11.3 Å². The molecule has 1 aromatic heterocycles. The van der Waals surface area contributed by atoms with Crippen molar-refractivity contribution in [2.45, 2.75) is 88.6 Å². The molecule has 0 unspecified atom stereocenters. The Bertz CT molecular complexity index is 1170.